The molecular formula is C22H24N2O3S. The third-order valence-corrected chi connectivity index (χ3v) is 5.34. The number of carbonyl (C=O) groups is 1. The molecule has 2 aromatic carbocycles. The van der Waals surface area contributed by atoms with Crippen molar-refractivity contribution in [1.82, 2.24) is 4.90 Å². The molecule has 5 nitrogen and oxygen atoms in total. The molecule has 1 fully saturated rings. The van der Waals surface area contributed by atoms with E-state index in [1.54, 1.807) is 19.1 Å². The zero-order valence-electron chi connectivity index (χ0n) is 16.6. The molecule has 0 N–H and O–H groups in total. The minimum Gasteiger partial charge on any atom is -0.493 e. The Bertz CT molecular complexity index is 937. The highest BCUT2D eigenvalue weighted by atomic mass is 32.2. The standard InChI is InChI=1S/C22H24N2O3S/c1-5-12-27-18-11-10-16(13-19(18)26-4)14-20-21(25)24(3)22(28-20)23-17-9-7-6-8-15(17)2/h6-11,13-14H,5,12H2,1-4H3/b20-14+,23-22?. The van der Waals surface area contributed by atoms with E-state index >= 15 is 0 Å². The lowest BCUT2D eigenvalue weighted by Crippen LogP contribution is -2.23. The summed E-state index contributed by atoms with van der Waals surface area (Å²) in [5.41, 5.74) is 2.81. The Labute approximate surface area is 170 Å². The Kier molecular flexibility index (Phi) is 6.41. The highest BCUT2D eigenvalue weighted by Crippen LogP contribution is 2.35. The fourth-order valence-corrected chi connectivity index (χ4v) is 3.68. The van der Waals surface area contributed by atoms with Gasteiger partial charge in [0, 0.05) is 7.05 Å². The van der Waals surface area contributed by atoms with Crippen molar-refractivity contribution in [2.45, 2.75) is 20.3 Å². The van der Waals surface area contributed by atoms with Crippen molar-refractivity contribution in [3.63, 3.8) is 0 Å². The molecule has 2 aromatic rings. The van der Waals surface area contributed by atoms with Crippen molar-refractivity contribution >= 4 is 34.6 Å². The first-order valence-electron chi connectivity index (χ1n) is 9.16. The lowest BCUT2D eigenvalue weighted by Gasteiger charge is -2.10. The molecule has 0 spiro atoms. The van der Waals surface area contributed by atoms with E-state index in [1.165, 1.54) is 11.8 Å². The molecule has 28 heavy (non-hydrogen) atoms. The average Bonchev–Trinajstić information content (AvgIpc) is 2.96. The Morgan fingerprint density at radius 1 is 1.18 bits per heavy atom. The quantitative estimate of drug-likeness (QED) is 0.643. The van der Waals surface area contributed by atoms with E-state index in [1.807, 2.05) is 55.5 Å². The van der Waals surface area contributed by atoms with Crippen molar-refractivity contribution in [3.8, 4) is 11.5 Å². The Hall–Kier alpha value is -2.73. The van der Waals surface area contributed by atoms with E-state index in [4.69, 9.17) is 9.47 Å². The van der Waals surface area contributed by atoms with Crippen LogP contribution in [0.3, 0.4) is 0 Å². The fraction of sp³-hybridized carbons (Fsp3) is 0.273. The van der Waals surface area contributed by atoms with Crippen LogP contribution in [0.15, 0.2) is 52.4 Å². The van der Waals surface area contributed by atoms with Crippen LogP contribution in [0.1, 0.15) is 24.5 Å². The van der Waals surface area contributed by atoms with Crippen LogP contribution in [0.5, 0.6) is 11.5 Å². The van der Waals surface area contributed by atoms with Crippen LogP contribution in [0.4, 0.5) is 5.69 Å². The molecule has 3 rings (SSSR count). The molecule has 0 atom stereocenters. The predicted octanol–water partition coefficient (Wildman–Crippen LogP) is 5.03. The van der Waals surface area contributed by atoms with Gasteiger partial charge in [-0.05, 0) is 60.5 Å². The molecule has 0 saturated carbocycles. The minimum atomic E-state index is -0.0670. The second-order valence-corrected chi connectivity index (χ2v) is 7.42. The first-order valence-corrected chi connectivity index (χ1v) is 9.98. The van der Waals surface area contributed by atoms with Crippen molar-refractivity contribution in [2.75, 3.05) is 20.8 Å². The molecule has 1 amide bonds. The lowest BCUT2D eigenvalue weighted by molar-refractivity contribution is -0.121. The third kappa shape index (κ3) is 4.39. The zero-order valence-corrected chi connectivity index (χ0v) is 17.4. The maximum atomic E-state index is 12.7. The Morgan fingerprint density at radius 2 is 1.96 bits per heavy atom. The average molecular weight is 397 g/mol. The van der Waals surface area contributed by atoms with Crippen LogP contribution in [0.25, 0.3) is 6.08 Å². The van der Waals surface area contributed by atoms with Gasteiger partial charge in [0.25, 0.3) is 5.91 Å². The van der Waals surface area contributed by atoms with Crippen LogP contribution in [-0.4, -0.2) is 36.7 Å². The van der Waals surface area contributed by atoms with Gasteiger partial charge in [0.05, 0.1) is 24.3 Å². The van der Waals surface area contributed by atoms with Crippen LogP contribution in [-0.2, 0) is 4.79 Å². The summed E-state index contributed by atoms with van der Waals surface area (Å²) in [5, 5.41) is 0.667. The molecule has 1 aliphatic rings. The molecular weight excluding hydrogens is 372 g/mol. The summed E-state index contributed by atoms with van der Waals surface area (Å²) in [4.78, 5) is 19.5. The first kappa shape index (κ1) is 20.0. The zero-order chi connectivity index (χ0) is 20.1. The SMILES string of the molecule is CCCOc1ccc(/C=C2/SC(=Nc3ccccc3C)N(C)C2=O)cc1OC. The summed E-state index contributed by atoms with van der Waals surface area (Å²) in [5.74, 6) is 1.29. The molecule has 6 heteroatoms. The molecule has 1 aliphatic heterocycles. The summed E-state index contributed by atoms with van der Waals surface area (Å²) in [6, 6.07) is 13.5. The number of rotatable bonds is 6. The summed E-state index contributed by atoms with van der Waals surface area (Å²) in [6.07, 6.45) is 2.78. The van der Waals surface area contributed by atoms with Gasteiger partial charge in [0.15, 0.2) is 16.7 Å². The van der Waals surface area contributed by atoms with Crippen LogP contribution >= 0.6 is 11.8 Å². The van der Waals surface area contributed by atoms with Crippen LogP contribution in [0.2, 0.25) is 0 Å². The van der Waals surface area contributed by atoms with Gasteiger partial charge in [0.2, 0.25) is 0 Å². The molecule has 1 saturated heterocycles. The van der Waals surface area contributed by atoms with E-state index in [2.05, 4.69) is 11.9 Å². The van der Waals surface area contributed by atoms with Gasteiger partial charge in [-0.2, -0.15) is 0 Å². The number of aryl methyl sites for hydroxylation is 1. The molecule has 0 aromatic heterocycles. The van der Waals surface area contributed by atoms with E-state index in [-0.39, 0.29) is 5.91 Å². The van der Waals surface area contributed by atoms with Gasteiger partial charge in [-0.1, -0.05) is 31.2 Å². The van der Waals surface area contributed by atoms with Gasteiger partial charge in [0.1, 0.15) is 0 Å². The highest BCUT2D eigenvalue weighted by Gasteiger charge is 2.30. The number of thioether (sulfide) groups is 1. The summed E-state index contributed by atoms with van der Waals surface area (Å²) < 4.78 is 11.1. The Balaban J connectivity index is 1.87. The maximum Gasteiger partial charge on any atom is 0.266 e. The van der Waals surface area contributed by atoms with Gasteiger partial charge < -0.3 is 9.47 Å². The number of amides is 1. The number of hydrogen-bond donors (Lipinski definition) is 0. The van der Waals surface area contributed by atoms with Crippen molar-refractivity contribution < 1.29 is 14.3 Å². The Morgan fingerprint density at radius 3 is 2.68 bits per heavy atom. The van der Waals surface area contributed by atoms with E-state index in [9.17, 15) is 4.79 Å². The smallest absolute Gasteiger partial charge is 0.266 e. The van der Waals surface area contributed by atoms with Gasteiger partial charge >= 0.3 is 0 Å². The summed E-state index contributed by atoms with van der Waals surface area (Å²) in [6.45, 7) is 4.70. The van der Waals surface area contributed by atoms with Crippen LogP contribution in [0, 0.1) is 6.92 Å². The number of ether oxygens (including phenoxy) is 2. The van der Waals surface area contributed by atoms with Gasteiger partial charge in [-0.3, -0.25) is 9.69 Å². The van der Waals surface area contributed by atoms with Gasteiger partial charge in [-0.15, -0.1) is 0 Å². The fourth-order valence-electron chi connectivity index (χ4n) is 2.70. The summed E-state index contributed by atoms with van der Waals surface area (Å²) >= 11 is 1.37. The number of likely N-dealkylation sites (N-methyl/N-ethyl adjacent to an activating group) is 1. The second kappa shape index (κ2) is 8.97. The second-order valence-electron chi connectivity index (χ2n) is 6.41. The molecule has 0 radical (unpaired) electrons. The third-order valence-electron chi connectivity index (χ3n) is 4.28. The number of hydrogen-bond acceptors (Lipinski definition) is 5. The normalized spacial score (nSPS) is 16.9. The number of methoxy groups -OCH3 is 1. The number of amidine groups is 1. The van der Waals surface area contributed by atoms with Crippen molar-refractivity contribution in [3.05, 3.63) is 58.5 Å². The molecule has 146 valence electrons. The van der Waals surface area contributed by atoms with Gasteiger partial charge in [-0.25, -0.2) is 4.99 Å². The van der Waals surface area contributed by atoms with Crippen molar-refractivity contribution in [1.29, 1.82) is 0 Å². The highest BCUT2D eigenvalue weighted by molar-refractivity contribution is 8.18. The maximum absolute atomic E-state index is 12.7. The molecule has 0 bridgehead atoms. The number of para-hydroxylation sites is 1. The van der Waals surface area contributed by atoms with Crippen LogP contribution < -0.4 is 9.47 Å². The predicted molar refractivity (Wildman–Crippen MR) is 115 cm³/mol. The molecule has 1 heterocycles. The lowest BCUT2D eigenvalue weighted by atomic mass is 10.2. The largest absolute Gasteiger partial charge is 0.493 e. The van der Waals surface area contributed by atoms with E-state index < -0.39 is 0 Å². The molecule has 0 unspecified atom stereocenters. The molecule has 0 aliphatic carbocycles. The minimum absolute atomic E-state index is 0.0670. The summed E-state index contributed by atoms with van der Waals surface area (Å²) in [7, 11) is 3.36. The first-order chi connectivity index (χ1) is 13.5. The van der Waals surface area contributed by atoms with E-state index in [0.717, 1.165) is 23.2 Å². The number of carbonyl (C=O) groups excluding carboxylic acids is 1. The number of aliphatic imine (C=N–C) groups is 1. The monoisotopic (exact) mass is 396 g/mol. The topological polar surface area (TPSA) is 51.1 Å². The number of nitrogens with zero attached hydrogens (tertiary/aromatic N) is 2. The van der Waals surface area contributed by atoms with E-state index in [0.29, 0.717) is 28.2 Å². The van der Waals surface area contributed by atoms with Crippen molar-refractivity contribution in [2.24, 2.45) is 4.99 Å². The number of benzene rings is 2.